The van der Waals surface area contributed by atoms with Crippen LogP contribution in [-0.2, 0) is 4.74 Å². The molecule has 0 bridgehead atoms. The Morgan fingerprint density at radius 2 is 1.69 bits per heavy atom. The molecule has 1 atom stereocenters. The molecule has 0 aliphatic rings. The highest BCUT2D eigenvalue weighted by Gasteiger charge is 2.43. The van der Waals surface area contributed by atoms with Crippen LogP contribution in [0.15, 0.2) is 24.3 Å². The minimum atomic E-state index is -4.41. The van der Waals surface area contributed by atoms with Crippen molar-refractivity contribution in [1.82, 2.24) is 0 Å². The molecule has 0 heterocycles. The Balaban J connectivity index is 2.91. The molecule has 0 saturated carbocycles. The van der Waals surface area contributed by atoms with Crippen molar-refractivity contribution in [1.29, 1.82) is 0 Å². The molecular formula is C11H14F3NO. The summed E-state index contributed by atoms with van der Waals surface area (Å²) in [7, 11) is 2.40. The smallest absolute Gasteiger partial charge is 0.353 e. The third kappa shape index (κ3) is 2.88. The molecule has 0 aliphatic carbocycles. The Morgan fingerprint density at radius 3 is 2.06 bits per heavy atom. The zero-order valence-corrected chi connectivity index (χ0v) is 9.38. The predicted molar refractivity (Wildman–Crippen MR) is 56.4 cm³/mol. The highest BCUT2D eigenvalue weighted by atomic mass is 19.4. The Bertz CT molecular complexity index is 334. The number of halogens is 3. The molecule has 0 fully saturated rings. The van der Waals surface area contributed by atoms with Gasteiger partial charge in [0.2, 0.25) is 6.23 Å². The number of ether oxygens (including phenoxy) is 1. The second kappa shape index (κ2) is 4.74. The molecule has 0 aromatic heterocycles. The first kappa shape index (κ1) is 12.8. The van der Waals surface area contributed by atoms with Gasteiger partial charge in [0.1, 0.15) is 0 Å². The van der Waals surface area contributed by atoms with Gasteiger partial charge in [-0.15, -0.1) is 0 Å². The Morgan fingerprint density at radius 1 is 1.19 bits per heavy atom. The quantitative estimate of drug-likeness (QED) is 0.744. The van der Waals surface area contributed by atoms with Gasteiger partial charge in [0, 0.05) is 19.8 Å². The standard InChI is InChI=1S/C11H14F3NO/c1-8-4-6-9(7-5-8)15(2)10(16-3)11(12,13)14/h4-7,10H,1-3H3. The predicted octanol–water partition coefficient (Wildman–Crippen LogP) is 2.97. The minimum Gasteiger partial charge on any atom is -0.353 e. The molecule has 0 amide bonds. The summed E-state index contributed by atoms with van der Waals surface area (Å²) >= 11 is 0. The molecule has 1 aromatic carbocycles. The lowest BCUT2D eigenvalue weighted by Gasteiger charge is -2.30. The Labute approximate surface area is 92.6 Å². The first-order chi connectivity index (χ1) is 7.36. The summed E-state index contributed by atoms with van der Waals surface area (Å²) in [6.07, 6.45) is -6.33. The van der Waals surface area contributed by atoms with E-state index in [0.717, 1.165) is 17.6 Å². The Hall–Kier alpha value is -1.23. The van der Waals surface area contributed by atoms with Gasteiger partial charge in [-0.05, 0) is 19.1 Å². The van der Waals surface area contributed by atoms with Crippen LogP contribution in [0.3, 0.4) is 0 Å². The number of hydrogen-bond acceptors (Lipinski definition) is 2. The number of anilines is 1. The summed E-state index contributed by atoms with van der Waals surface area (Å²) in [6.45, 7) is 1.88. The van der Waals surface area contributed by atoms with Gasteiger partial charge in [0.05, 0.1) is 0 Å². The van der Waals surface area contributed by atoms with Crippen LogP contribution in [-0.4, -0.2) is 26.6 Å². The molecule has 0 radical (unpaired) electrons. The number of methoxy groups -OCH3 is 1. The van der Waals surface area contributed by atoms with Gasteiger partial charge in [-0.3, -0.25) is 0 Å². The summed E-state index contributed by atoms with van der Waals surface area (Å²) in [4.78, 5) is 1.06. The normalized spacial score (nSPS) is 13.6. The summed E-state index contributed by atoms with van der Waals surface area (Å²) in [5.41, 5.74) is 1.47. The first-order valence-corrected chi connectivity index (χ1v) is 4.75. The second-order valence-electron chi connectivity index (χ2n) is 3.58. The molecule has 1 aromatic rings. The van der Waals surface area contributed by atoms with Crippen molar-refractivity contribution in [2.45, 2.75) is 19.3 Å². The van der Waals surface area contributed by atoms with Gasteiger partial charge in [-0.1, -0.05) is 17.7 Å². The summed E-state index contributed by atoms with van der Waals surface area (Å²) in [5.74, 6) is 0. The molecule has 90 valence electrons. The molecule has 0 spiro atoms. The average Bonchev–Trinajstić information content (AvgIpc) is 2.17. The van der Waals surface area contributed by atoms with Crippen LogP contribution in [0.5, 0.6) is 0 Å². The number of alkyl halides is 3. The van der Waals surface area contributed by atoms with Crippen molar-refractivity contribution < 1.29 is 17.9 Å². The summed E-state index contributed by atoms with van der Waals surface area (Å²) in [5, 5.41) is 0. The lowest BCUT2D eigenvalue weighted by molar-refractivity contribution is -0.211. The molecule has 1 rings (SSSR count). The van der Waals surface area contributed by atoms with Crippen LogP contribution < -0.4 is 4.90 Å². The maximum atomic E-state index is 12.6. The van der Waals surface area contributed by atoms with Gasteiger partial charge < -0.3 is 9.64 Å². The maximum absolute atomic E-state index is 12.6. The topological polar surface area (TPSA) is 12.5 Å². The average molecular weight is 233 g/mol. The van der Waals surface area contributed by atoms with Gasteiger partial charge >= 0.3 is 6.18 Å². The molecular weight excluding hydrogens is 219 g/mol. The van der Waals surface area contributed by atoms with Crippen molar-refractivity contribution in [3.63, 3.8) is 0 Å². The van der Waals surface area contributed by atoms with Crippen molar-refractivity contribution in [3.8, 4) is 0 Å². The number of benzene rings is 1. The van der Waals surface area contributed by atoms with Crippen molar-refractivity contribution >= 4 is 5.69 Å². The SMILES string of the molecule is COC(N(C)c1ccc(C)cc1)C(F)(F)F. The van der Waals surface area contributed by atoms with Gasteiger partial charge in [0.15, 0.2) is 0 Å². The van der Waals surface area contributed by atoms with E-state index in [-0.39, 0.29) is 0 Å². The molecule has 5 heteroatoms. The van der Waals surface area contributed by atoms with Crippen molar-refractivity contribution in [2.24, 2.45) is 0 Å². The van der Waals surface area contributed by atoms with Crippen LogP contribution in [0.1, 0.15) is 5.56 Å². The molecule has 0 aliphatic heterocycles. The third-order valence-electron chi connectivity index (χ3n) is 2.30. The van der Waals surface area contributed by atoms with Crippen LogP contribution >= 0.6 is 0 Å². The third-order valence-corrected chi connectivity index (χ3v) is 2.30. The second-order valence-corrected chi connectivity index (χ2v) is 3.58. The zero-order chi connectivity index (χ0) is 12.3. The molecule has 0 saturated heterocycles. The van der Waals surface area contributed by atoms with E-state index in [1.54, 1.807) is 24.3 Å². The number of hydrogen-bond donors (Lipinski definition) is 0. The van der Waals surface area contributed by atoms with Crippen LogP contribution in [0.2, 0.25) is 0 Å². The zero-order valence-electron chi connectivity index (χ0n) is 9.38. The van der Waals surface area contributed by atoms with E-state index in [4.69, 9.17) is 0 Å². The summed E-state index contributed by atoms with van der Waals surface area (Å²) in [6, 6.07) is 6.78. The number of aryl methyl sites for hydroxylation is 1. The van der Waals surface area contributed by atoms with Crippen molar-refractivity contribution in [3.05, 3.63) is 29.8 Å². The van der Waals surface area contributed by atoms with Gasteiger partial charge in [0.25, 0.3) is 0 Å². The minimum absolute atomic E-state index is 0.467. The lowest BCUT2D eigenvalue weighted by Crippen LogP contribution is -2.45. The number of nitrogens with zero attached hydrogens (tertiary/aromatic N) is 1. The maximum Gasteiger partial charge on any atom is 0.433 e. The van der Waals surface area contributed by atoms with E-state index < -0.39 is 12.4 Å². The van der Waals surface area contributed by atoms with E-state index in [0.29, 0.717) is 5.69 Å². The van der Waals surface area contributed by atoms with E-state index in [2.05, 4.69) is 4.74 Å². The first-order valence-electron chi connectivity index (χ1n) is 4.75. The lowest BCUT2D eigenvalue weighted by atomic mass is 10.2. The van der Waals surface area contributed by atoms with Crippen LogP contribution in [0.25, 0.3) is 0 Å². The van der Waals surface area contributed by atoms with E-state index in [1.165, 1.54) is 7.05 Å². The highest BCUT2D eigenvalue weighted by molar-refractivity contribution is 5.47. The largest absolute Gasteiger partial charge is 0.433 e. The molecule has 0 N–H and O–H groups in total. The van der Waals surface area contributed by atoms with Crippen LogP contribution in [0, 0.1) is 6.92 Å². The molecule has 2 nitrogen and oxygen atoms in total. The van der Waals surface area contributed by atoms with Crippen LogP contribution in [0.4, 0.5) is 18.9 Å². The Kier molecular flexibility index (Phi) is 3.80. The molecule has 1 unspecified atom stereocenters. The monoisotopic (exact) mass is 233 g/mol. The fourth-order valence-corrected chi connectivity index (χ4v) is 1.43. The van der Waals surface area contributed by atoms with Gasteiger partial charge in [-0.2, -0.15) is 13.2 Å². The highest BCUT2D eigenvalue weighted by Crippen LogP contribution is 2.28. The molecule has 16 heavy (non-hydrogen) atoms. The van der Waals surface area contributed by atoms with Gasteiger partial charge in [-0.25, -0.2) is 0 Å². The fourth-order valence-electron chi connectivity index (χ4n) is 1.43. The van der Waals surface area contributed by atoms with Crippen molar-refractivity contribution in [2.75, 3.05) is 19.1 Å². The summed E-state index contributed by atoms with van der Waals surface area (Å²) < 4.78 is 42.2. The van der Waals surface area contributed by atoms with E-state index in [1.807, 2.05) is 6.92 Å². The number of rotatable bonds is 3. The van der Waals surface area contributed by atoms with E-state index >= 15 is 0 Å². The van der Waals surface area contributed by atoms with E-state index in [9.17, 15) is 13.2 Å². The fraction of sp³-hybridized carbons (Fsp3) is 0.455.